The van der Waals surface area contributed by atoms with Gasteiger partial charge in [-0.3, -0.25) is 19.2 Å². The molecule has 1 amide bonds. The molecule has 0 saturated heterocycles. The van der Waals surface area contributed by atoms with Gasteiger partial charge < -0.3 is 29.2 Å². The molecule has 10 heteroatoms. The summed E-state index contributed by atoms with van der Waals surface area (Å²) in [6.45, 7) is 7.07. The molecule has 0 aliphatic heterocycles. The minimum absolute atomic E-state index is 0.0117. The van der Waals surface area contributed by atoms with E-state index in [2.05, 4.69) is 5.32 Å². The summed E-state index contributed by atoms with van der Waals surface area (Å²) in [6, 6.07) is 0. The number of nitrogens with zero attached hydrogens (tertiary/aromatic N) is 1. The van der Waals surface area contributed by atoms with Gasteiger partial charge in [-0.15, -0.1) is 0 Å². The molecule has 0 atom stereocenters. The highest BCUT2D eigenvalue weighted by molar-refractivity contribution is 5.81. The fraction of sp³-hybridized carbons (Fsp3) is 0.882. The van der Waals surface area contributed by atoms with Crippen molar-refractivity contribution in [2.45, 2.75) is 129 Å². The number of rotatable bonds is 33. The van der Waals surface area contributed by atoms with Crippen LogP contribution in [0.1, 0.15) is 129 Å². The lowest BCUT2D eigenvalue weighted by Crippen LogP contribution is -2.31. The normalized spacial score (nSPS) is 11.0. The van der Waals surface area contributed by atoms with Gasteiger partial charge in [0, 0.05) is 26.4 Å². The second-order valence-corrected chi connectivity index (χ2v) is 11.4. The van der Waals surface area contributed by atoms with Crippen molar-refractivity contribution >= 4 is 23.6 Å². The number of Topliss-reactive ketones (excluding diaryl/α,β-unsaturated/α-hetero) is 1. The number of carbonyl (C=O) groups is 4. The molecular weight excluding hydrogens is 564 g/mol. The average molecular weight is 629 g/mol. The molecule has 0 heterocycles. The molecule has 0 aromatic carbocycles. The first kappa shape index (κ1) is 42.0. The molecule has 10 nitrogen and oxygen atoms in total. The summed E-state index contributed by atoms with van der Waals surface area (Å²) in [5.41, 5.74) is 0. The zero-order chi connectivity index (χ0) is 32.5. The van der Waals surface area contributed by atoms with Gasteiger partial charge in [0.05, 0.1) is 33.0 Å². The van der Waals surface area contributed by atoms with E-state index in [0.717, 1.165) is 83.7 Å². The third-order valence-electron chi connectivity index (χ3n) is 7.33. The van der Waals surface area contributed by atoms with Crippen LogP contribution in [-0.4, -0.2) is 94.9 Å². The fourth-order valence-corrected chi connectivity index (χ4v) is 4.70. The van der Waals surface area contributed by atoms with E-state index in [1.165, 1.54) is 32.1 Å². The lowest BCUT2D eigenvalue weighted by molar-refractivity contribution is -0.144. The fourth-order valence-electron chi connectivity index (χ4n) is 4.70. The second kappa shape index (κ2) is 32.4. The van der Waals surface area contributed by atoms with Gasteiger partial charge in [0.15, 0.2) is 5.78 Å². The summed E-state index contributed by atoms with van der Waals surface area (Å²) in [4.78, 5) is 48.4. The summed E-state index contributed by atoms with van der Waals surface area (Å²) in [5.74, 6) is -0.216. The van der Waals surface area contributed by atoms with Gasteiger partial charge in [0.1, 0.15) is 13.2 Å². The molecule has 0 aliphatic carbocycles. The number of carbonyl (C=O) groups excluding carboxylic acids is 4. The molecule has 1 N–H and O–H groups in total. The Kier molecular flexibility index (Phi) is 30.9. The van der Waals surface area contributed by atoms with Crippen molar-refractivity contribution in [3.8, 4) is 0 Å². The van der Waals surface area contributed by atoms with E-state index in [-0.39, 0.29) is 50.1 Å². The summed E-state index contributed by atoms with van der Waals surface area (Å²) in [5, 5.41) is 3.18. The maximum absolute atomic E-state index is 12.2. The van der Waals surface area contributed by atoms with Gasteiger partial charge in [0.25, 0.3) is 0 Å². The molecule has 0 saturated carbocycles. The van der Waals surface area contributed by atoms with E-state index in [0.29, 0.717) is 32.6 Å². The SMILES string of the molecule is CCOC(=O)CCCCCCCCCCNCC(=O)COCCOCC(=O)N(C)CCCCCCCCCCC(=O)OCC. The van der Waals surface area contributed by atoms with E-state index >= 15 is 0 Å². The number of nitrogens with one attached hydrogen (secondary N) is 1. The Balaban J connectivity index is 3.42. The summed E-state index contributed by atoms with van der Waals surface area (Å²) < 4.78 is 20.7. The molecular formula is C34H64N2O8. The number of ether oxygens (including phenoxy) is 4. The second-order valence-electron chi connectivity index (χ2n) is 11.4. The van der Waals surface area contributed by atoms with Crippen molar-refractivity contribution < 1.29 is 38.1 Å². The smallest absolute Gasteiger partial charge is 0.305 e. The highest BCUT2D eigenvalue weighted by Crippen LogP contribution is 2.11. The van der Waals surface area contributed by atoms with Gasteiger partial charge >= 0.3 is 11.9 Å². The molecule has 0 unspecified atom stereocenters. The summed E-state index contributed by atoms with van der Waals surface area (Å²) in [6.07, 6.45) is 18.7. The van der Waals surface area contributed by atoms with Crippen LogP contribution < -0.4 is 5.32 Å². The number of hydrogen-bond acceptors (Lipinski definition) is 9. The van der Waals surface area contributed by atoms with E-state index < -0.39 is 0 Å². The van der Waals surface area contributed by atoms with Crippen LogP contribution in [0, 0.1) is 0 Å². The van der Waals surface area contributed by atoms with Crippen LogP contribution in [0.3, 0.4) is 0 Å². The van der Waals surface area contributed by atoms with E-state index in [4.69, 9.17) is 18.9 Å². The molecule has 0 bridgehead atoms. The number of amides is 1. The first-order valence-corrected chi connectivity index (χ1v) is 17.3. The van der Waals surface area contributed by atoms with Gasteiger partial charge in [-0.25, -0.2) is 0 Å². The highest BCUT2D eigenvalue weighted by atomic mass is 16.5. The number of likely N-dealkylation sites (N-methyl/N-ethyl adjacent to an activating group) is 1. The van der Waals surface area contributed by atoms with E-state index in [1.807, 2.05) is 13.8 Å². The molecule has 258 valence electrons. The molecule has 44 heavy (non-hydrogen) atoms. The summed E-state index contributed by atoms with van der Waals surface area (Å²) in [7, 11) is 1.80. The van der Waals surface area contributed by atoms with Crippen LogP contribution in [0.2, 0.25) is 0 Å². The predicted octanol–water partition coefficient (Wildman–Crippen LogP) is 5.78. The van der Waals surface area contributed by atoms with Crippen LogP contribution in [0.4, 0.5) is 0 Å². The number of unbranched alkanes of at least 4 members (excludes halogenated alkanes) is 14. The summed E-state index contributed by atoms with van der Waals surface area (Å²) >= 11 is 0. The van der Waals surface area contributed by atoms with Gasteiger partial charge in [-0.1, -0.05) is 77.0 Å². The van der Waals surface area contributed by atoms with Gasteiger partial charge in [0.2, 0.25) is 5.91 Å². The van der Waals surface area contributed by atoms with Crippen molar-refractivity contribution in [1.82, 2.24) is 10.2 Å². The molecule has 0 aliphatic rings. The lowest BCUT2D eigenvalue weighted by atomic mass is 10.1. The minimum atomic E-state index is -0.0946. The van der Waals surface area contributed by atoms with Crippen molar-refractivity contribution in [2.75, 3.05) is 66.3 Å². The lowest BCUT2D eigenvalue weighted by Gasteiger charge is -2.17. The minimum Gasteiger partial charge on any atom is -0.466 e. The van der Waals surface area contributed by atoms with Crippen LogP contribution in [0.5, 0.6) is 0 Å². The molecule has 0 spiro atoms. The third-order valence-corrected chi connectivity index (χ3v) is 7.33. The zero-order valence-corrected chi connectivity index (χ0v) is 28.3. The van der Waals surface area contributed by atoms with Crippen LogP contribution in [0.25, 0.3) is 0 Å². The monoisotopic (exact) mass is 628 g/mol. The maximum Gasteiger partial charge on any atom is 0.305 e. The molecule has 0 fully saturated rings. The van der Waals surface area contributed by atoms with Crippen molar-refractivity contribution in [3.05, 3.63) is 0 Å². The Hall–Kier alpha value is -2.04. The van der Waals surface area contributed by atoms with Crippen molar-refractivity contribution in [2.24, 2.45) is 0 Å². The largest absolute Gasteiger partial charge is 0.466 e. The Labute approximate surface area is 267 Å². The topological polar surface area (TPSA) is 120 Å². The first-order valence-electron chi connectivity index (χ1n) is 17.3. The Morgan fingerprint density at radius 2 is 1.00 bits per heavy atom. The standard InChI is InChI=1S/C34H64N2O8/c1-4-43-33(39)22-18-14-10-6-8-12-16-20-24-35-28-31(37)29-41-26-27-42-30-32(38)36(3)25-21-17-13-9-7-11-15-19-23-34(40)44-5-2/h35H,4-30H2,1-3H3. The Bertz CT molecular complexity index is 719. The van der Waals surface area contributed by atoms with E-state index in [9.17, 15) is 19.2 Å². The van der Waals surface area contributed by atoms with Crippen LogP contribution >= 0.6 is 0 Å². The average Bonchev–Trinajstić information content (AvgIpc) is 3.00. The third kappa shape index (κ3) is 30.0. The zero-order valence-electron chi connectivity index (χ0n) is 28.3. The van der Waals surface area contributed by atoms with E-state index in [1.54, 1.807) is 11.9 Å². The van der Waals surface area contributed by atoms with Crippen LogP contribution in [0.15, 0.2) is 0 Å². The van der Waals surface area contributed by atoms with Gasteiger partial charge in [-0.05, 0) is 46.1 Å². The molecule has 0 aromatic rings. The van der Waals surface area contributed by atoms with Crippen molar-refractivity contribution in [1.29, 1.82) is 0 Å². The van der Waals surface area contributed by atoms with Gasteiger partial charge in [-0.2, -0.15) is 0 Å². The molecule has 0 radical (unpaired) electrons. The molecule has 0 aromatic heterocycles. The number of esters is 2. The van der Waals surface area contributed by atoms with Crippen molar-refractivity contribution in [3.63, 3.8) is 0 Å². The van der Waals surface area contributed by atoms with Crippen LogP contribution in [-0.2, 0) is 38.1 Å². The quantitative estimate of drug-likeness (QED) is 0.0712. The molecule has 0 rings (SSSR count). The maximum atomic E-state index is 12.2. The number of hydrogen-bond donors (Lipinski definition) is 1. The Morgan fingerprint density at radius 3 is 1.50 bits per heavy atom. The first-order chi connectivity index (χ1) is 21.4. The number of ketones is 1. The Morgan fingerprint density at radius 1 is 0.568 bits per heavy atom. The highest BCUT2D eigenvalue weighted by Gasteiger charge is 2.09. The predicted molar refractivity (Wildman–Crippen MR) is 174 cm³/mol.